The Morgan fingerprint density at radius 1 is 1.64 bits per heavy atom. The van der Waals surface area contributed by atoms with Gasteiger partial charge in [0.1, 0.15) is 5.01 Å². The maximum absolute atomic E-state index is 10.4. The van der Waals surface area contributed by atoms with E-state index in [4.69, 9.17) is 5.14 Å². The number of thiazole rings is 1. The van der Waals surface area contributed by atoms with E-state index >= 15 is 0 Å². The van der Waals surface area contributed by atoms with Gasteiger partial charge in [0.2, 0.25) is 10.0 Å². The minimum atomic E-state index is -3.51. The van der Waals surface area contributed by atoms with Crippen LogP contribution in [0.3, 0.4) is 0 Å². The minimum Gasteiger partial charge on any atom is -0.245 e. The number of rotatable bonds is 2. The average molecular weight is 190 g/mol. The zero-order valence-electron chi connectivity index (χ0n) is 5.47. The summed E-state index contributed by atoms with van der Waals surface area (Å²) < 4.78 is 20.8. The van der Waals surface area contributed by atoms with E-state index in [1.165, 1.54) is 17.4 Å². The van der Waals surface area contributed by atoms with Crippen LogP contribution in [-0.4, -0.2) is 13.4 Å². The predicted octanol–water partition coefficient (Wildman–Crippen LogP) is 0.402. The number of nitrogens with two attached hydrogens (primary N) is 1. The quantitative estimate of drug-likeness (QED) is 0.733. The Morgan fingerprint density at radius 2 is 2.36 bits per heavy atom. The molecule has 0 fully saturated rings. The third-order valence-corrected chi connectivity index (χ3v) is 2.11. The summed E-state index contributed by atoms with van der Waals surface area (Å²) >= 11 is 1.35. The third kappa shape index (κ3) is 3.26. The maximum atomic E-state index is 10.4. The molecule has 6 heteroatoms. The van der Waals surface area contributed by atoms with Crippen LogP contribution in [0.4, 0.5) is 0 Å². The number of aromatic nitrogens is 1. The lowest BCUT2D eigenvalue weighted by Crippen LogP contribution is -2.06. The van der Waals surface area contributed by atoms with Crippen LogP contribution in [0.1, 0.15) is 5.01 Å². The van der Waals surface area contributed by atoms with E-state index < -0.39 is 10.0 Å². The molecule has 0 atom stereocenters. The minimum absolute atomic E-state index is 0.624. The number of hydrogen-bond donors (Lipinski definition) is 1. The highest BCUT2D eigenvalue weighted by Gasteiger charge is 1.94. The Balaban J connectivity index is 2.79. The van der Waals surface area contributed by atoms with Crippen LogP contribution < -0.4 is 5.14 Å². The van der Waals surface area contributed by atoms with Crippen molar-refractivity contribution in [2.75, 3.05) is 0 Å². The number of primary sulfonamides is 1. The van der Waals surface area contributed by atoms with E-state index in [1.54, 1.807) is 11.6 Å². The molecule has 0 unspecified atom stereocenters. The van der Waals surface area contributed by atoms with Gasteiger partial charge in [-0.1, -0.05) is 0 Å². The molecular weight excluding hydrogens is 184 g/mol. The van der Waals surface area contributed by atoms with Crippen LogP contribution in [0.15, 0.2) is 17.0 Å². The van der Waals surface area contributed by atoms with Crippen LogP contribution in [0, 0.1) is 0 Å². The SMILES string of the molecule is NS(=O)(=O)/C=C/c1nccs1. The topological polar surface area (TPSA) is 73.1 Å². The Labute approximate surface area is 68.4 Å². The Morgan fingerprint density at radius 3 is 2.82 bits per heavy atom. The summed E-state index contributed by atoms with van der Waals surface area (Å²) in [7, 11) is -3.51. The fourth-order valence-corrected chi connectivity index (χ4v) is 1.40. The zero-order chi connectivity index (χ0) is 8.32. The third-order valence-electron chi connectivity index (χ3n) is 0.852. The first kappa shape index (κ1) is 8.38. The number of nitrogens with zero attached hydrogens (tertiary/aromatic N) is 1. The molecule has 0 bridgehead atoms. The lowest BCUT2D eigenvalue weighted by molar-refractivity contribution is 0.606. The molecule has 0 saturated heterocycles. The van der Waals surface area contributed by atoms with Crippen LogP contribution >= 0.6 is 11.3 Å². The number of sulfonamides is 1. The molecule has 0 spiro atoms. The molecular formula is C5H6N2O2S2. The fourth-order valence-electron chi connectivity index (χ4n) is 0.470. The highest BCUT2D eigenvalue weighted by Crippen LogP contribution is 2.05. The van der Waals surface area contributed by atoms with Gasteiger partial charge in [-0.15, -0.1) is 11.3 Å². The standard InChI is InChI=1S/C5H6N2O2S2/c6-11(8,9)4-1-5-7-2-3-10-5/h1-4H,(H2,6,8,9)/b4-1+. The summed E-state index contributed by atoms with van der Waals surface area (Å²) in [6, 6.07) is 0. The normalized spacial score (nSPS) is 12.5. The van der Waals surface area contributed by atoms with Crippen molar-refractivity contribution in [1.82, 2.24) is 4.98 Å². The summed E-state index contributed by atoms with van der Waals surface area (Å²) in [5, 5.41) is 8.01. The lowest BCUT2D eigenvalue weighted by atomic mass is 10.7. The van der Waals surface area contributed by atoms with E-state index in [9.17, 15) is 8.42 Å². The fraction of sp³-hybridized carbons (Fsp3) is 0. The molecule has 0 saturated carbocycles. The van der Waals surface area contributed by atoms with E-state index in [0.29, 0.717) is 5.01 Å². The second-order valence-corrected chi connectivity index (χ2v) is 4.14. The zero-order valence-corrected chi connectivity index (χ0v) is 7.10. The summed E-state index contributed by atoms with van der Waals surface area (Å²) in [5.41, 5.74) is 0. The predicted molar refractivity (Wildman–Crippen MR) is 44.3 cm³/mol. The smallest absolute Gasteiger partial charge is 0.231 e. The van der Waals surface area contributed by atoms with Crippen molar-refractivity contribution in [3.63, 3.8) is 0 Å². The molecule has 11 heavy (non-hydrogen) atoms. The average Bonchev–Trinajstić information content (AvgIpc) is 2.32. The van der Waals surface area contributed by atoms with Gasteiger partial charge < -0.3 is 0 Å². The van der Waals surface area contributed by atoms with Crippen LogP contribution in [-0.2, 0) is 10.0 Å². The van der Waals surface area contributed by atoms with Gasteiger partial charge in [-0.05, 0) is 6.08 Å². The summed E-state index contributed by atoms with van der Waals surface area (Å²) in [6.45, 7) is 0. The summed E-state index contributed by atoms with van der Waals surface area (Å²) in [5.74, 6) is 0. The van der Waals surface area contributed by atoms with Gasteiger partial charge in [-0.2, -0.15) is 0 Å². The lowest BCUT2D eigenvalue weighted by Gasteiger charge is -1.82. The molecule has 1 heterocycles. The van der Waals surface area contributed by atoms with Crippen molar-refractivity contribution in [3.05, 3.63) is 22.0 Å². The molecule has 2 N–H and O–H groups in total. The summed E-state index contributed by atoms with van der Waals surface area (Å²) in [6.07, 6.45) is 2.95. The van der Waals surface area contributed by atoms with Crippen molar-refractivity contribution in [2.45, 2.75) is 0 Å². The molecule has 0 amide bonds. The van der Waals surface area contributed by atoms with Gasteiger partial charge in [0.05, 0.1) is 0 Å². The second-order valence-electron chi connectivity index (χ2n) is 1.76. The summed E-state index contributed by atoms with van der Waals surface area (Å²) in [4.78, 5) is 3.83. The first-order valence-corrected chi connectivity index (χ1v) is 5.17. The largest absolute Gasteiger partial charge is 0.245 e. The molecule has 1 aromatic rings. The highest BCUT2D eigenvalue weighted by molar-refractivity contribution is 7.92. The Bertz CT molecular complexity index is 339. The van der Waals surface area contributed by atoms with E-state index in [2.05, 4.69) is 4.98 Å². The van der Waals surface area contributed by atoms with Gasteiger partial charge in [0, 0.05) is 17.0 Å². The van der Waals surface area contributed by atoms with Crippen molar-refractivity contribution < 1.29 is 8.42 Å². The van der Waals surface area contributed by atoms with Crippen molar-refractivity contribution in [1.29, 1.82) is 0 Å². The van der Waals surface area contributed by atoms with Crippen molar-refractivity contribution in [2.24, 2.45) is 5.14 Å². The maximum Gasteiger partial charge on any atom is 0.231 e. The van der Waals surface area contributed by atoms with E-state index in [0.717, 1.165) is 5.41 Å². The molecule has 1 aromatic heterocycles. The number of hydrogen-bond acceptors (Lipinski definition) is 4. The van der Waals surface area contributed by atoms with E-state index in [-0.39, 0.29) is 0 Å². The molecule has 1 rings (SSSR count). The first-order valence-electron chi connectivity index (χ1n) is 2.68. The molecule has 60 valence electrons. The molecule has 0 radical (unpaired) electrons. The molecule has 0 aliphatic heterocycles. The molecule has 0 aliphatic rings. The van der Waals surface area contributed by atoms with Crippen molar-refractivity contribution in [3.8, 4) is 0 Å². The van der Waals surface area contributed by atoms with E-state index in [1.807, 2.05) is 0 Å². The monoisotopic (exact) mass is 190 g/mol. The molecule has 0 aliphatic carbocycles. The Kier molecular flexibility index (Phi) is 2.38. The molecule has 0 aromatic carbocycles. The van der Waals surface area contributed by atoms with Gasteiger partial charge >= 0.3 is 0 Å². The highest BCUT2D eigenvalue weighted by atomic mass is 32.2. The Hall–Kier alpha value is -0.720. The van der Waals surface area contributed by atoms with Crippen LogP contribution in [0.2, 0.25) is 0 Å². The van der Waals surface area contributed by atoms with Crippen LogP contribution in [0.5, 0.6) is 0 Å². The first-order chi connectivity index (χ1) is 5.08. The van der Waals surface area contributed by atoms with Gasteiger partial charge in [-0.25, -0.2) is 18.5 Å². The van der Waals surface area contributed by atoms with Crippen molar-refractivity contribution >= 4 is 27.4 Å². The van der Waals surface area contributed by atoms with Gasteiger partial charge in [0.25, 0.3) is 0 Å². The second kappa shape index (κ2) is 3.12. The van der Waals surface area contributed by atoms with Gasteiger partial charge in [0.15, 0.2) is 0 Å². The molecule has 4 nitrogen and oxygen atoms in total. The van der Waals surface area contributed by atoms with Gasteiger partial charge in [-0.3, -0.25) is 0 Å². The van der Waals surface area contributed by atoms with Crippen LogP contribution in [0.25, 0.3) is 6.08 Å².